The van der Waals surface area contributed by atoms with E-state index >= 15 is 0 Å². The van der Waals surface area contributed by atoms with Crippen LogP contribution in [0.25, 0.3) is 0 Å². The van der Waals surface area contributed by atoms with Gasteiger partial charge in [0.25, 0.3) is 10.0 Å². The molecule has 2 aromatic rings. The van der Waals surface area contributed by atoms with Gasteiger partial charge in [-0.1, -0.05) is 48.0 Å². The molecule has 0 heterocycles. The van der Waals surface area contributed by atoms with Crippen LogP contribution in [0, 0.1) is 6.92 Å². The van der Waals surface area contributed by atoms with Gasteiger partial charge in [0.1, 0.15) is 0 Å². The van der Waals surface area contributed by atoms with E-state index in [4.69, 9.17) is 0 Å². The number of hydrogen-bond acceptors (Lipinski definition) is 4. The molecule has 2 N–H and O–H groups in total. The van der Waals surface area contributed by atoms with Crippen LogP contribution in [-0.2, 0) is 14.8 Å². The van der Waals surface area contributed by atoms with E-state index in [-0.39, 0.29) is 11.3 Å². The summed E-state index contributed by atoms with van der Waals surface area (Å²) in [4.78, 5) is 11.8. The fourth-order valence-corrected chi connectivity index (χ4v) is 2.93. The van der Waals surface area contributed by atoms with Crippen molar-refractivity contribution in [3.05, 3.63) is 65.7 Å². The molecule has 1 atom stereocenters. The topological polar surface area (TPSA) is 83.5 Å². The number of carbonyl (C=O) groups is 1. The third-order valence-electron chi connectivity index (χ3n) is 3.14. The van der Waals surface area contributed by atoms with Gasteiger partial charge < -0.3 is 5.11 Å². The second kappa shape index (κ2) is 6.72. The predicted octanol–water partition coefficient (Wildman–Crippen LogP) is 1.92. The molecule has 1 amide bonds. The summed E-state index contributed by atoms with van der Waals surface area (Å²) < 4.78 is 26.1. The Bertz CT molecular complexity index is 739. The number of benzene rings is 2. The molecule has 0 unspecified atom stereocenters. The van der Waals surface area contributed by atoms with Crippen LogP contribution in [0.3, 0.4) is 0 Å². The number of sulfonamides is 1. The zero-order valence-corrected chi connectivity index (χ0v) is 12.9. The standard InChI is InChI=1S/C16H17NO4S/c1-12-7-9-14(10-8-12)22(20,21)17-16(19)11-15(18)13-5-3-2-4-6-13/h2-10,15,18H,11H2,1H3,(H,17,19)/t15-/m1/s1. The Hall–Kier alpha value is -2.18. The summed E-state index contributed by atoms with van der Waals surface area (Å²) >= 11 is 0. The fraction of sp³-hybridized carbons (Fsp3) is 0.188. The van der Waals surface area contributed by atoms with Crippen molar-refractivity contribution in [3.63, 3.8) is 0 Å². The number of aliphatic hydroxyl groups is 1. The normalized spacial score (nSPS) is 12.6. The molecule has 22 heavy (non-hydrogen) atoms. The van der Waals surface area contributed by atoms with Crippen LogP contribution in [0.1, 0.15) is 23.7 Å². The third-order valence-corrected chi connectivity index (χ3v) is 4.53. The number of aliphatic hydroxyl groups excluding tert-OH is 1. The first-order valence-corrected chi connectivity index (χ1v) is 8.22. The Balaban J connectivity index is 2.03. The smallest absolute Gasteiger partial charge is 0.264 e. The van der Waals surface area contributed by atoms with E-state index in [1.54, 1.807) is 42.5 Å². The summed E-state index contributed by atoms with van der Waals surface area (Å²) in [7, 11) is -3.91. The molecular weight excluding hydrogens is 302 g/mol. The van der Waals surface area contributed by atoms with Crippen molar-refractivity contribution in [3.8, 4) is 0 Å². The molecule has 6 heteroatoms. The molecule has 0 spiro atoms. The molecule has 0 bridgehead atoms. The molecule has 0 fully saturated rings. The number of amides is 1. The largest absolute Gasteiger partial charge is 0.388 e. The minimum atomic E-state index is -3.91. The van der Waals surface area contributed by atoms with Crippen LogP contribution >= 0.6 is 0 Å². The Labute approximate surface area is 129 Å². The van der Waals surface area contributed by atoms with Crippen LogP contribution in [0.5, 0.6) is 0 Å². The van der Waals surface area contributed by atoms with Crippen LogP contribution in [0.2, 0.25) is 0 Å². The molecule has 0 aliphatic rings. The highest BCUT2D eigenvalue weighted by atomic mass is 32.2. The van der Waals surface area contributed by atoms with Gasteiger partial charge in [0.2, 0.25) is 5.91 Å². The minimum Gasteiger partial charge on any atom is -0.388 e. The molecule has 0 saturated carbocycles. The summed E-state index contributed by atoms with van der Waals surface area (Å²) in [6.07, 6.45) is -1.37. The van der Waals surface area contributed by atoms with E-state index in [0.717, 1.165) is 5.56 Å². The SMILES string of the molecule is Cc1ccc(S(=O)(=O)NC(=O)C[C@@H](O)c2ccccc2)cc1. The lowest BCUT2D eigenvalue weighted by atomic mass is 10.1. The number of aryl methyl sites for hydroxylation is 1. The lowest BCUT2D eigenvalue weighted by molar-refractivity contribution is -0.121. The summed E-state index contributed by atoms with van der Waals surface area (Å²) in [5.74, 6) is -0.753. The van der Waals surface area contributed by atoms with Gasteiger partial charge in [0.05, 0.1) is 17.4 Å². The maximum atomic E-state index is 12.1. The summed E-state index contributed by atoms with van der Waals surface area (Å²) in [5, 5.41) is 9.94. The average Bonchev–Trinajstić information content (AvgIpc) is 2.48. The van der Waals surface area contributed by atoms with Crippen molar-refractivity contribution in [1.82, 2.24) is 4.72 Å². The molecule has 116 valence electrons. The number of hydrogen-bond donors (Lipinski definition) is 2. The van der Waals surface area contributed by atoms with Gasteiger partial charge >= 0.3 is 0 Å². The van der Waals surface area contributed by atoms with E-state index in [0.29, 0.717) is 5.56 Å². The second-order valence-electron chi connectivity index (χ2n) is 4.97. The van der Waals surface area contributed by atoms with Gasteiger partial charge in [-0.3, -0.25) is 4.79 Å². The van der Waals surface area contributed by atoms with Gasteiger partial charge in [-0.05, 0) is 24.6 Å². The van der Waals surface area contributed by atoms with E-state index in [2.05, 4.69) is 0 Å². The molecule has 0 aliphatic heterocycles. The van der Waals surface area contributed by atoms with Crippen LogP contribution in [0.15, 0.2) is 59.5 Å². The third kappa shape index (κ3) is 4.16. The molecule has 5 nitrogen and oxygen atoms in total. The molecule has 2 rings (SSSR count). The Kier molecular flexibility index (Phi) is 4.95. The first-order valence-electron chi connectivity index (χ1n) is 6.74. The fourth-order valence-electron chi connectivity index (χ4n) is 1.94. The van der Waals surface area contributed by atoms with Crippen LogP contribution in [0.4, 0.5) is 0 Å². The average molecular weight is 319 g/mol. The van der Waals surface area contributed by atoms with Crippen molar-refractivity contribution >= 4 is 15.9 Å². The van der Waals surface area contributed by atoms with Crippen molar-refractivity contribution in [2.75, 3.05) is 0 Å². The first kappa shape index (κ1) is 16.2. The quantitative estimate of drug-likeness (QED) is 0.882. The maximum Gasteiger partial charge on any atom is 0.264 e. The molecule has 0 radical (unpaired) electrons. The van der Waals surface area contributed by atoms with Crippen molar-refractivity contribution in [2.45, 2.75) is 24.3 Å². The van der Waals surface area contributed by atoms with Crippen molar-refractivity contribution < 1.29 is 18.3 Å². The predicted molar refractivity (Wildman–Crippen MR) is 82.5 cm³/mol. The van der Waals surface area contributed by atoms with Gasteiger partial charge in [0.15, 0.2) is 0 Å². The molecular formula is C16H17NO4S. The minimum absolute atomic E-state index is 0.0145. The summed E-state index contributed by atoms with van der Waals surface area (Å²) in [6, 6.07) is 14.8. The van der Waals surface area contributed by atoms with Gasteiger partial charge in [-0.2, -0.15) is 0 Å². The van der Waals surface area contributed by atoms with Gasteiger partial charge in [0, 0.05) is 0 Å². The van der Waals surface area contributed by atoms with E-state index in [1.165, 1.54) is 12.1 Å². The maximum absolute atomic E-state index is 12.1. The van der Waals surface area contributed by atoms with E-state index in [1.807, 2.05) is 11.6 Å². The zero-order chi connectivity index (χ0) is 16.2. The van der Waals surface area contributed by atoms with Gasteiger partial charge in [-0.15, -0.1) is 0 Å². The molecule has 0 aromatic heterocycles. The van der Waals surface area contributed by atoms with E-state index < -0.39 is 22.0 Å². The van der Waals surface area contributed by atoms with Crippen molar-refractivity contribution in [2.24, 2.45) is 0 Å². The number of nitrogens with one attached hydrogen (secondary N) is 1. The Morgan fingerprint density at radius 1 is 1.09 bits per heavy atom. The number of carbonyl (C=O) groups excluding carboxylic acids is 1. The van der Waals surface area contributed by atoms with Gasteiger partial charge in [-0.25, -0.2) is 13.1 Å². The highest BCUT2D eigenvalue weighted by Gasteiger charge is 2.20. The lowest BCUT2D eigenvalue weighted by Crippen LogP contribution is -2.31. The van der Waals surface area contributed by atoms with Crippen molar-refractivity contribution in [1.29, 1.82) is 0 Å². The Morgan fingerprint density at radius 2 is 1.68 bits per heavy atom. The van der Waals surface area contributed by atoms with Crippen LogP contribution in [-0.4, -0.2) is 19.4 Å². The first-order chi connectivity index (χ1) is 10.4. The molecule has 2 aromatic carbocycles. The highest BCUT2D eigenvalue weighted by Crippen LogP contribution is 2.16. The van der Waals surface area contributed by atoms with Crippen LogP contribution < -0.4 is 4.72 Å². The highest BCUT2D eigenvalue weighted by molar-refractivity contribution is 7.90. The monoisotopic (exact) mass is 319 g/mol. The molecule has 0 aliphatic carbocycles. The summed E-state index contributed by atoms with van der Waals surface area (Å²) in [5.41, 5.74) is 1.48. The number of rotatable bonds is 5. The summed E-state index contributed by atoms with van der Waals surface area (Å²) in [6.45, 7) is 1.84. The molecule has 0 saturated heterocycles. The zero-order valence-electron chi connectivity index (χ0n) is 12.1. The second-order valence-corrected chi connectivity index (χ2v) is 6.65. The lowest BCUT2D eigenvalue weighted by Gasteiger charge is -2.11. The van der Waals surface area contributed by atoms with E-state index in [9.17, 15) is 18.3 Å². The Morgan fingerprint density at radius 3 is 2.27 bits per heavy atom.